The van der Waals surface area contributed by atoms with Crippen molar-refractivity contribution in [3.05, 3.63) is 102 Å². The second-order valence-corrected chi connectivity index (χ2v) is 13.7. The fourth-order valence-corrected chi connectivity index (χ4v) is 8.08. The van der Waals surface area contributed by atoms with Crippen LogP contribution in [0.15, 0.2) is 89.8 Å². The van der Waals surface area contributed by atoms with Gasteiger partial charge in [0.05, 0.1) is 18.6 Å². The molecule has 0 bridgehead atoms. The van der Waals surface area contributed by atoms with Gasteiger partial charge in [-0.1, -0.05) is 79.7 Å². The summed E-state index contributed by atoms with van der Waals surface area (Å²) in [5.74, 6) is -1.44. The average Bonchev–Trinajstić information content (AvgIpc) is 3.06. The van der Waals surface area contributed by atoms with Crippen LogP contribution in [0.25, 0.3) is 0 Å². The zero-order chi connectivity index (χ0) is 34.7. The smallest absolute Gasteiger partial charge is 0.410 e. The van der Waals surface area contributed by atoms with Crippen molar-refractivity contribution in [3.63, 3.8) is 0 Å². The Balaban J connectivity index is 1.93. The summed E-state index contributed by atoms with van der Waals surface area (Å²) in [7, 11) is -2.76. The molecular weight excluding hydrogens is 618 g/mol. The van der Waals surface area contributed by atoms with Gasteiger partial charge in [-0.2, -0.15) is 4.31 Å². The minimum atomic E-state index is -4.02. The Morgan fingerprint density at radius 3 is 1.77 bits per heavy atom. The number of primary amides is 1. The van der Waals surface area contributed by atoms with Gasteiger partial charge in [0.15, 0.2) is 5.78 Å². The number of ether oxygens (including phenoxy) is 1. The second kappa shape index (κ2) is 17.2. The first kappa shape index (κ1) is 37.4. The molecule has 254 valence electrons. The lowest BCUT2D eigenvalue weighted by Crippen LogP contribution is -2.55. The number of Topliss-reactive ketones (excluding diaryl/α,β-unsaturated/α-hetero) is 1. The summed E-state index contributed by atoms with van der Waals surface area (Å²) in [5.41, 5.74) is 8.10. The van der Waals surface area contributed by atoms with Crippen LogP contribution in [-0.4, -0.2) is 78.4 Å². The highest BCUT2D eigenvalue weighted by Crippen LogP contribution is 2.34. The van der Waals surface area contributed by atoms with Crippen LogP contribution in [0.1, 0.15) is 80.8 Å². The molecule has 10 nitrogen and oxygen atoms in total. The Bertz CT molecular complexity index is 1530. The Morgan fingerprint density at radius 2 is 1.36 bits per heavy atom. The molecule has 0 aliphatic heterocycles. The number of carbonyl (C=O) groups is 3. The normalized spacial score (nSPS) is 13.7. The van der Waals surface area contributed by atoms with E-state index in [4.69, 9.17) is 10.5 Å². The Kier molecular flexibility index (Phi) is 13.7. The van der Waals surface area contributed by atoms with Crippen molar-refractivity contribution >= 4 is 27.8 Å². The van der Waals surface area contributed by atoms with Gasteiger partial charge in [-0.05, 0) is 69.7 Å². The van der Waals surface area contributed by atoms with Crippen molar-refractivity contribution in [3.8, 4) is 0 Å². The molecule has 3 rings (SSSR count). The molecule has 0 radical (unpaired) electrons. The van der Waals surface area contributed by atoms with Crippen LogP contribution in [0.4, 0.5) is 4.79 Å². The number of nitrogens with two attached hydrogens (primary N) is 1. The van der Waals surface area contributed by atoms with E-state index < -0.39 is 58.7 Å². The molecule has 0 aromatic heterocycles. The van der Waals surface area contributed by atoms with Gasteiger partial charge < -0.3 is 15.6 Å². The summed E-state index contributed by atoms with van der Waals surface area (Å²) in [4.78, 5) is 40.0. The zero-order valence-electron chi connectivity index (χ0n) is 27.8. The maximum absolute atomic E-state index is 13.8. The van der Waals surface area contributed by atoms with Crippen LogP contribution in [0.5, 0.6) is 0 Å². The molecular formula is C36H47N3O7S. The van der Waals surface area contributed by atoms with E-state index >= 15 is 0 Å². The van der Waals surface area contributed by atoms with E-state index in [9.17, 15) is 27.9 Å². The van der Waals surface area contributed by atoms with Crippen molar-refractivity contribution in [1.29, 1.82) is 0 Å². The molecule has 0 aliphatic rings. The highest BCUT2D eigenvalue weighted by Gasteiger charge is 2.41. The molecule has 3 aromatic carbocycles. The van der Waals surface area contributed by atoms with Gasteiger partial charge >= 0.3 is 6.09 Å². The molecule has 2 amide bonds. The summed E-state index contributed by atoms with van der Waals surface area (Å²) >= 11 is 0. The maximum atomic E-state index is 13.8. The topological polar surface area (TPSA) is 147 Å². The van der Waals surface area contributed by atoms with Crippen molar-refractivity contribution in [2.24, 2.45) is 5.73 Å². The number of benzene rings is 3. The lowest BCUT2D eigenvalue weighted by molar-refractivity contribution is -0.124. The second-order valence-electron chi connectivity index (χ2n) is 11.9. The van der Waals surface area contributed by atoms with E-state index in [1.54, 1.807) is 13.8 Å². The van der Waals surface area contributed by atoms with E-state index in [-0.39, 0.29) is 17.1 Å². The first-order chi connectivity index (χ1) is 22.4. The van der Waals surface area contributed by atoms with Gasteiger partial charge in [0.2, 0.25) is 15.9 Å². The lowest BCUT2D eigenvalue weighted by atomic mass is 9.83. The summed E-state index contributed by atoms with van der Waals surface area (Å²) in [6.07, 6.45) is 0.866. The Morgan fingerprint density at radius 1 is 0.851 bits per heavy atom. The lowest BCUT2D eigenvalue weighted by Gasteiger charge is -2.40. The molecule has 0 heterocycles. The summed E-state index contributed by atoms with van der Waals surface area (Å²) < 4.78 is 34.0. The monoisotopic (exact) mass is 665 g/mol. The number of amides is 2. The number of nitrogens with zero attached hydrogens (tertiary/aromatic N) is 2. The van der Waals surface area contributed by atoms with Crippen LogP contribution in [0.2, 0.25) is 0 Å². The van der Waals surface area contributed by atoms with Crippen molar-refractivity contribution in [1.82, 2.24) is 9.21 Å². The molecule has 0 saturated carbocycles. The van der Waals surface area contributed by atoms with E-state index in [1.807, 2.05) is 67.6 Å². The van der Waals surface area contributed by atoms with E-state index in [2.05, 4.69) is 0 Å². The van der Waals surface area contributed by atoms with Crippen LogP contribution in [-0.2, 0) is 19.6 Å². The highest BCUT2D eigenvalue weighted by molar-refractivity contribution is 7.89. The van der Waals surface area contributed by atoms with Crippen molar-refractivity contribution < 1.29 is 32.6 Å². The minimum Gasteiger partial charge on any atom is -0.453 e. The first-order valence-electron chi connectivity index (χ1n) is 15.9. The minimum absolute atomic E-state index is 0.0233. The molecule has 11 heteroatoms. The Labute approximate surface area is 278 Å². The number of rotatable bonds is 17. The predicted octanol–water partition coefficient (Wildman–Crippen LogP) is 5.35. The van der Waals surface area contributed by atoms with E-state index in [0.29, 0.717) is 24.8 Å². The first-order valence-corrected chi connectivity index (χ1v) is 17.3. The third-order valence-electron chi connectivity index (χ3n) is 8.46. The van der Waals surface area contributed by atoms with Gasteiger partial charge in [-0.3, -0.25) is 14.5 Å². The molecule has 3 N–H and O–H groups in total. The number of aliphatic hydroxyl groups is 1. The van der Waals surface area contributed by atoms with Crippen LogP contribution in [0, 0.1) is 0 Å². The fourth-order valence-electron chi connectivity index (χ4n) is 6.24. The standard InChI is InChI=1S/C36H47N3O7S/c1-6-30(18-13-19-31(24-40)39(25(2)3)47(44,45)32-22-20-27(21-23-32)26(4)41)38(36(43)46-5)34(35(37)42)33(28-14-9-7-10-15-28)29-16-11-8-12-17-29/h7-12,14-17,20-23,25,30-31,33-34,40H,6,13,18-19,24H2,1-5H3,(H2,37,42)/t30?,31?,34-/m0/s1. The number of aliphatic hydroxyl groups excluding tert-OH is 1. The molecule has 3 atom stereocenters. The number of hydrogen-bond donors (Lipinski definition) is 2. The molecule has 0 spiro atoms. The number of carbonyl (C=O) groups excluding carboxylic acids is 3. The molecule has 0 fully saturated rings. The summed E-state index contributed by atoms with van der Waals surface area (Å²) in [5, 5.41) is 10.4. The van der Waals surface area contributed by atoms with Gasteiger partial charge in [0.25, 0.3) is 0 Å². The van der Waals surface area contributed by atoms with Gasteiger partial charge in [0, 0.05) is 29.6 Å². The Hall–Kier alpha value is -4.06. The SMILES string of the molecule is CCC(CCCC(CO)N(C(C)C)S(=O)(=O)c1ccc(C(C)=O)cc1)N(C(=O)OC)[C@H](C(N)=O)C(c1ccccc1)c1ccccc1. The fraction of sp³-hybridized carbons (Fsp3) is 0.417. The summed E-state index contributed by atoms with van der Waals surface area (Å²) in [6, 6.07) is 21.7. The van der Waals surface area contributed by atoms with Crippen molar-refractivity contribution in [2.75, 3.05) is 13.7 Å². The molecule has 2 unspecified atom stereocenters. The van der Waals surface area contributed by atoms with Gasteiger partial charge in [0.1, 0.15) is 6.04 Å². The molecule has 3 aromatic rings. The van der Waals surface area contributed by atoms with E-state index in [0.717, 1.165) is 11.1 Å². The highest BCUT2D eigenvalue weighted by atomic mass is 32.2. The predicted molar refractivity (Wildman–Crippen MR) is 181 cm³/mol. The van der Waals surface area contributed by atoms with E-state index in [1.165, 1.54) is 47.5 Å². The largest absolute Gasteiger partial charge is 0.453 e. The van der Waals surface area contributed by atoms with Crippen LogP contribution in [0.3, 0.4) is 0 Å². The summed E-state index contributed by atoms with van der Waals surface area (Å²) in [6.45, 7) is 6.36. The number of hydrogen-bond acceptors (Lipinski definition) is 7. The molecule has 0 saturated heterocycles. The number of methoxy groups -OCH3 is 1. The van der Waals surface area contributed by atoms with Crippen molar-refractivity contribution in [2.45, 2.75) is 88.4 Å². The van der Waals surface area contributed by atoms with Gasteiger partial charge in [-0.15, -0.1) is 0 Å². The number of sulfonamides is 1. The number of ketones is 1. The third-order valence-corrected chi connectivity index (χ3v) is 10.6. The van der Waals surface area contributed by atoms with Crippen LogP contribution < -0.4 is 5.73 Å². The quantitative estimate of drug-likeness (QED) is 0.185. The zero-order valence-corrected chi connectivity index (χ0v) is 28.6. The maximum Gasteiger partial charge on any atom is 0.410 e. The van der Waals surface area contributed by atoms with Crippen LogP contribution >= 0.6 is 0 Å². The average molecular weight is 666 g/mol. The molecule has 0 aliphatic carbocycles. The van der Waals surface area contributed by atoms with Gasteiger partial charge in [-0.25, -0.2) is 13.2 Å². The molecule has 47 heavy (non-hydrogen) atoms. The third kappa shape index (κ3) is 9.06.